The maximum atomic E-state index is 13.2. The molecule has 2 atom stereocenters. The van der Waals surface area contributed by atoms with E-state index in [2.05, 4.69) is 30.8 Å². The van der Waals surface area contributed by atoms with Gasteiger partial charge in [0.15, 0.2) is 0 Å². The van der Waals surface area contributed by atoms with Crippen LogP contribution in [0.2, 0.25) is 0 Å². The van der Waals surface area contributed by atoms with Crippen molar-refractivity contribution in [3.8, 4) is 0 Å². The summed E-state index contributed by atoms with van der Waals surface area (Å²) in [4.78, 5) is 30.8. The topological polar surface area (TPSA) is 67.2 Å². The zero-order chi connectivity index (χ0) is 19.8. The van der Waals surface area contributed by atoms with Crippen LogP contribution in [0, 0.1) is 5.92 Å². The smallest absolute Gasteiger partial charge is 0.255 e. The molecular weight excluding hydrogens is 384 g/mol. The van der Waals surface area contributed by atoms with Crippen molar-refractivity contribution in [2.45, 2.75) is 32.0 Å². The third kappa shape index (κ3) is 3.70. The number of thiazole rings is 1. The Morgan fingerprint density at radius 2 is 1.97 bits per heavy atom. The monoisotopic (exact) mass is 408 g/mol. The van der Waals surface area contributed by atoms with Gasteiger partial charge in [0.25, 0.3) is 5.56 Å². The molecule has 29 heavy (non-hydrogen) atoms. The number of pyridine rings is 1. The van der Waals surface area contributed by atoms with Crippen molar-refractivity contribution in [1.29, 1.82) is 0 Å². The lowest BCUT2D eigenvalue weighted by Gasteiger charge is -2.42. The summed E-state index contributed by atoms with van der Waals surface area (Å²) in [7, 11) is 2.04. The normalized spacial score (nSPS) is 20.7. The van der Waals surface area contributed by atoms with Gasteiger partial charge in [0.1, 0.15) is 5.01 Å². The quantitative estimate of drug-likeness (QED) is 0.646. The molecule has 2 bridgehead atoms. The minimum atomic E-state index is 0.160. The molecule has 5 heterocycles. The zero-order valence-corrected chi connectivity index (χ0v) is 17.3. The predicted molar refractivity (Wildman–Crippen MR) is 113 cm³/mol. The molecule has 150 valence electrons. The Labute approximate surface area is 173 Å². The number of hydrogen-bond acceptors (Lipinski definition) is 7. The number of anilines is 1. The third-order valence-electron chi connectivity index (χ3n) is 5.85. The highest BCUT2D eigenvalue weighted by Gasteiger charge is 2.35. The molecule has 0 aromatic carbocycles. The van der Waals surface area contributed by atoms with Crippen LogP contribution in [0.15, 0.2) is 47.0 Å². The molecular formula is C21H24N6OS. The first kappa shape index (κ1) is 18.4. The fraction of sp³-hybridized carbons (Fsp3) is 0.429. The summed E-state index contributed by atoms with van der Waals surface area (Å²) in [5.74, 6) is 1.59. The van der Waals surface area contributed by atoms with Gasteiger partial charge in [0, 0.05) is 67.3 Å². The van der Waals surface area contributed by atoms with Crippen molar-refractivity contribution < 1.29 is 0 Å². The number of hydrogen-bond donors (Lipinski definition) is 0. The van der Waals surface area contributed by atoms with E-state index in [0.717, 1.165) is 54.8 Å². The van der Waals surface area contributed by atoms with Gasteiger partial charge < -0.3 is 9.47 Å². The Bertz CT molecular complexity index is 1040. The van der Waals surface area contributed by atoms with Crippen LogP contribution in [0.25, 0.3) is 0 Å². The minimum Gasteiger partial charge on any atom is -0.340 e. The Kier molecular flexibility index (Phi) is 4.89. The van der Waals surface area contributed by atoms with Crippen molar-refractivity contribution in [2.75, 3.05) is 25.0 Å². The molecule has 0 spiro atoms. The predicted octanol–water partition coefficient (Wildman–Crippen LogP) is 2.35. The van der Waals surface area contributed by atoms with Crippen molar-refractivity contribution in [3.63, 3.8) is 0 Å². The highest BCUT2D eigenvalue weighted by molar-refractivity contribution is 7.09. The number of nitrogens with zero attached hydrogens (tertiary/aromatic N) is 6. The van der Waals surface area contributed by atoms with Gasteiger partial charge >= 0.3 is 0 Å². The number of piperidine rings is 1. The van der Waals surface area contributed by atoms with Crippen LogP contribution in [-0.2, 0) is 19.6 Å². The fourth-order valence-corrected chi connectivity index (χ4v) is 5.33. The Balaban J connectivity index is 1.36. The lowest BCUT2D eigenvalue weighted by Crippen LogP contribution is -2.48. The molecule has 3 aromatic heterocycles. The molecule has 2 aliphatic rings. The van der Waals surface area contributed by atoms with Gasteiger partial charge in [-0.3, -0.25) is 9.69 Å². The van der Waals surface area contributed by atoms with Crippen molar-refractivity contribution in [2.24, 2.45) is 5.92 Å². The molecule has 7 nitrogen and oxygen atoms in total. The van der Waals surface area contributed by atoms with Crippen molar-refractivity contribution in [3.05, 3.63) is 68.8 Å². The Morgan fingerprint density at radius 1 is 1.10 bits per heavy atom. The second-order valence-corrected chi connectivity index (χ2v) is 9.03. The van der Waals surface area contributed by atoms with Crippen LogP contribution in [0.1, 0.15) is 28.6 Å². The highest BCUT2D eigenvalue weighted by Crippen LogP contribution is 2.36. The van der Waals surface area contributed by atoms with Crippen LogP contribution in [0.3, 0.4) is 0 Å². The molecule has 1 fully saturated rings. The summed E-state index contributed by atoms with van der Waals surface area (Å²) < 4.78 is 2.02. The van der Waals surface area contributed by atoms with Gasteiger partial charge in [-0.1, -0.05) is 6.07 Å². The van der Waals surface area contributed by atoms with Crippen LogP contribution >= 0.6 is 11.3 Å². The molecule has 0 radical (unpaired) electrons. The molecule has 0 amide bonds. The average Bonchev–Trinajstić information content (AvgIpc) is 3.24. The van der Waals surface area contributed by atoms with Crippen LogP contribution in [0.5, 0.6) is 0 Å². The van der Waals surface area contributed by atoms with Crippen LogP contribution in [0.4, 0.5) is 5.95 Å². The van der Waals surface area contributed by atoms with Gasteiger partial charge in [-0.15, -0.1) is 11.3 Å². The molecule has 1 saturated heterocycles. The lowest BCUT2D eigenvalue weighted by molar-refractivity contribution is 0.275. The second kappa shape index (κ2) is 7.68. The fourth-order valence-electron chi connectivity index (χ4n) is 4.64. The largest absolute Gasteiger partial charge is 0.340 e. The minimum absolute atomic E-state index is 0.160. The van der Waals surface area contributed by atoms with E-state index in [0.29, 0.717) is 18.4 Å². The van der Waals surface area contributed by atoms with E-state index < -0.39 is 0 Å². The standard InChI is InChI=1S/C21H24N6OS/c1-25(14-19-22-7-8-29-19)12-16-3-4-18-17-9-15(11-27(18)20(16)28)10-26(13-17)21-23-5-2-6-24-21/h2-8,15,17H,9-14H2,1H3/t15-,17+/m0/s1. The first-order valence-corrected chi connectivity index (χ1v) is 10.9. The van der Waals surface area contributed by atoms with Gasteiger partial charge in [-0.2, -0.15) is 0 Å². The number of rotatable bonds is 5. The summed E-state index contributed by atoms with van der Waals surface area (Å²) >= 11 is 1.65. The number of aromatic nitrogens is 4. The van der Waals surface area contributed by atoms with E-state index in [1.165, 1.54) is 0 Å². The summed E-state index contributed by atoms with van der Waals surface area (Å²) in [6, 6.07) is 6.02. The van der Waals surface area contributed by atoms with Gasteiger partial charge in [0.2, 0.25) is 5.95 Å². The SMILES string of the molecule is CN(Cc1nccs1)Cc1ccc2n(c1=O)C[C@H]1C[C@@H]2CN(c2ncccn2)C1. The van der Waals surface area contributed by atoms with E-state index in [1.54, 1.807) is 23.7 Å². The van der Waals surface area contributed by atoms with Crippen LogP contribution in [-0.4, -0.2) is 44.6 Å². The summed E-state index contributed by atoms with van der Waals surface area (Å²) in [6.07, 6.45) is 6.54. The lowest BCUT2D eigenvalue weighted by atomic mass is 9.83. The average molecular weight is 409 g/mol. The van der Waals surface area contributed by atoms with Gasteiger partial charge in [-0.25, -0.2) is 15.0 Å². The first-order chi connectivity index (χ1) is 14.2. The molecule has 0 saturated carbocycles. The van der Waals surface area contributed by atoms with Gasteiger partial charge in [0.05, 0.1) is 6.54 Å². The van der Waals surface area contributed by atoms with E-state index >= 15 is 0 Å². The number of fused-ring (bicyclic) bond motifs is 4. The molecule has 0 aliphatic carbocycles. The third-order valence-corrected chi connectivity index (χ3v) is 6.61. The molecule has 8 heteroatoms. The summed E-state index contributed by atoms with van der Waals surface area (Å²) in [5.41, 5.74) is 2.17. The van der Waals surface area contributed by atoms with E-state index in [1.807, 2.05) is 35.3 Å². The van der Waals surface area contributed by atoms with Gasteiger partial charge in [-0.05, 0) is 31.5 Å². The molecule has 0 unspecified atom stereocenters. The van der Waals surface area contributed by atoms with E-state index in [4.69, 9.17) is 0 Å². The van der Waals surface area contributed by atoms with E-state index in [-0.39, 0.29) is 5.56 Å². The highest BCUT2D eigenvalue weighted by atomic mass is 32.1. The first-order valence-electron chi connectivity index (χ1n) is 9.99. The van der Waals surface area contributed by atoms with Crippen molar-refractivity contribution in [1.82, 2.24) is 24.4 Å². The molecule has 0 N–H and O–H groups in total. The Morgan fingerprint density at radius 3 is 2.76 bits per heavy atom. The molecule has 5 rings (SSSR count). The van der Waals surface area contributed by atoms with E-state index in [9.17, 15) is 4.79 Å². The summed E-state index contributed by atoms with van der Waals surface area (Å²) in [5, 5.41) is 3.06. The zero-order valence-electron chi connectivity index (χ0n) is 16.4. The molecule has 3 aromatic rings. The Hall–Kier alpha value is -2.58. The van der Waals surface area contributed by atoms with Crippen LogP contribution < -0.4 is 10.5 Å². The summed E-state index contributed by atoms with van der Waals surface area (Å²) in [6.45, 7) is 3.94. The molecule has 2 aliphatic heterocycles. The van der Waals surface area contributed by atoms with Crippen molar-refractivity contribution >= 4 is 17.3 Å². The second-order valence-electron chi connectivity index (χ2n) is 8.05. The maximum Gasteiger partial charge on any atom is 0.255 e. The maximum absolute atomic E-state index is 13.2.